The van der Waals surface area contributed by atoms with Gasteiger partial charge in [0.25, 0.3) is 15.1 Å². The second-order valence-electron chi connectivity index (χ2n) is 6.72. The fourth-order valence-electron chi connectivity index (χ4n) is 2.14. The Labute approximate surface area is 190 Å². The van der Waals surface area contributed by atoms with Gasteiger partial charge in [-0.1, -0.05) is 20.3 Å². The first-order valence-electron chi connectivity index (χ1n) is 9.19. The maximum Gasteiger partial charge on any atom is 0.283 e. The van der Waals surface area contributed by atoms with Gasteiger partial charge in [0.05, 0.1) is 23.5 Å². The summed E-state index contributed by atoms with van der Waals surface area (Å²) in [7, 11) is -22.9. The summed E-state index contributed by atoms with van der Waals surface area (Å²) in [5.74, 6) is -1.97. The van der Waals surface area contributed by atoms with Gasteiger partial charge in [-0.2, -0.15) is 14.2 Å². The molecule has 0 amide bonds. The maximum absolute atomic E-state index is 13.3. The lowest BCUT2D eigenvalue weighted by molar-refractivity contribution is 0.363. The van der Waals surface area contributed by atoms with E-state index in [2.05, 4.69) is 0 Å². The van der Waals surface area contributed by atoms with Crippen LogP contribution in [-0.4, -0.2) is 82.2 Å². The van der Waals surface area contributed by atoms with E-state index >= 15 is 0 Å². The van der Waals surface area contributed by atoms with Gasteiger partial charge in [0.15, 0.2) is 0 Å². The van der Waals surface area contributed by atoms with Crippen LogP contribution in [0.4, 0.5) is 0 Å². The molecule has 0 heterocycles. The van der Waals surface area contributed by atoms with Crippen LogP contribution in [0.5, 0.6) is 0 Å². The van der Waals surface area contributed by atoms with E-state index in [1.165, 1.54) is 21.1 Å². The summed E-state index contributed by atoms with van der Waals surface area (Å²) < 4.78 is 128. The number of hydrogen-bond donors (Lipinski definition) is 4. The van der Waals surface area contributed by atoms with Crippen molar-refractivity contribution in [2.45, 2.75) is 45.2 Å². The maximum atomic E-state index is 13.3. The first-order valence-corrected chi connectivity index (χ1v) is 17.5. The molecular weight excluding hydrogens is 534 g/mol. The van der Waals surface area contributed by atoms with Gasteiger partial charge in [-0.05, 0) is 19.8 Å². The Hall–Kier alpha value is -0.450. The SMILES string of the molecule is CCCCS(=O)(=O)NN(C)S(=O)(=O)C(NS(C)(=O)=O)(NS(=O)(=O)CC)NS(=O)(=O)CCC. The van der Waals surface area contributed by atoms with Crippen molar-refractivity contribution < 1.29 is 42.1 Å². The van der Waals surface area contributed by atoms with Crippen LogP contribution >= 0.6 is 0 Å². The molecule has 4 N–H and O–H groups in total. The van der Waals surface area contributed by atoms with Gasteiger partial charge in [0, 0.05) is 7.05 Å². The van der Waals surface area contributed by atoms with Gasteiger partial charge < -0.3 is 0 Å². The molecule has 0 radical (unpaired) electrons. The molecular formula is C12H31N5O10S5. The minimum Gasteiger partial charge on any atom is -0.213 e. The highest BCUT2D eigenvalue weighted by atomic mass is 32.2. The van der Waals surface area contributed by atoms with Crippen LogP contribution in [0.15, 0.2) is 0 Å². The van der Waals surface area contributed by atoms with Crippen LogP contribution in [0.2, 0.25) is 0 Å². The Morgan fingerprint density at radius 1 is 0.688 bits per heavy atom. The molecule has 0 spiro atoms. The van der Waals surface area contributed by atoms with E-state index in [4.69, 9.17) is 0 Å². The topological polar surface area (TPSA) is 222 Å². The summed E-state index contributed by atoms with van der Waals surface area (Å²) in [6, 6.07) is 0. The molecule has 1 unspecified atom stereocenters. The van der Waals surface area contributed by atoms with Crippen LogP contribution in [0.3, 0.4) is 0 Å². The van der Waals surface area contributed by atoms with Gasteiger partial charge in [-0.15, -0.1) is 9.25 Å². The zero-order chi connectivity index (χ0) is 25.6. The van der Waals surface area contributed by atoms with Crippen molar-refractivity contribution in [3.05, 3.63) is 0 Å². The number of nitrogens with zero attached hydrogens (tertiary/aromatic N) is 1. The molecule has 15 nitrogen and oxygen atoms in total. The smallest absolute Gasteiger partial charge is 0.213 e. The predicted octanol–water partition coefficient (Wildman–Crippen LogP) is -2.69. The fraction of sp³-hybridized carbons (Fsp3) is 1.00. The lowest BCUT2D eigenvalue weighted by Crippen LogP contribution is -2.77. The van der Waals surface area contributed by atoms with Gasteiger partial charge in [-0.25, -0.2) is 42.1 Å². The zero-order valence-corrected chi connectivity index (χ0v) is 22.4. The molecule has 0 bridgehead atoms. The van der Waals surface area contributed by atoms with Crippen molar-refractivity contribution >= 4 is 50.1 Å². The largest absolute Gasteiger partial charge is 0.283 e. The Kier molecular flexibility index (Phi) is 11.2. The quantitative estimate of drug-likeness (QED) is 0.112. The number of hydrazine groups is 1. The van der Waals surface area contributed by atoms with E-state index in [0.717, 1.165) is 6.92 Å². The second kappa shape index (κ2) is 11.3. The van der Waals surface area contributed by atoms with Crippen LogP contribution in [-0.2, 0) is 50.1 Å². The zero-order valence-electron chi connectivity index (χ0n) is 18.3. The molecule has 1 atom stereocenters. The first-order chi connectivity index (χ1) is 14.2. The van der Waals surface area contributed by atoms with Crippen LogP contribution in [0.25, 0.3) is 0 Å². The number of sulfonamides is 5. The van der Waals surface area contributed by atoms with Gasteiger partial charge in [0.1, 0.15) is 0 Å². The third-order valence-corrected chi connectivity index (χ3v) is 11.0. The van der Waals surface area contributed by atoms with Gasteiger partial charge in [0.2, 0.25) is 40.1 Å². The summed E-state index contributed by atoms with van der Waals surface area (Å²) in [6.45, 7) is 4.18. The predicted molar refractivity (Wildman–Crippen MR) is 119 cm³/mol. The van der Waals surface area contributed by atoms with Crippen molar-refractivity contribution in [3.8, 4) is 0 Å². The van der Waals surface area contributed by atoms with Crippen molar-refractivity contribution in [1.29, 1.82) is 0 Å². The van der Waals surface area contributed by atoms with E-state index in [-0.39, 0.29) is 17.3 Å². The lowest BCUT2D eigenvalue weighted by Gasteiger charge is -2.36. The third-order valence-electron chi connectivity index (χ3n) is 3.56. The monoisotopic (exact) mass is 565 g/mol. The van der Waals surface area contributed by atoms with Gasteiger partial charge in [-0.3, -0.25) is 0 Å². The Bertz CT molecular complexity index is 1160. The molecule has 20 heteroatoms. The van der Waals surface area contributed by atoms with Crippen LogP contribution < -0.4 is 19.0 Å². The Morgan fingerprint density at radius 3 is 1.59 bits per heavy atom. The van der Waals surface area contributed by atoms with Crippen molar-refractivity contribution in [1.82, 2.24) is 23.4 Å². The number of hydrogen-bond acceptors (Lipinski definition) is 10. The Morgan fingerprint density at radius 2 is 1.19 bits per heavy atom. The minimum atomic E-state index is -5.48. The highest BCUT2D eigenvalue weighted by molar-refractivity contribution is 7.97. The fourth-order valence-corrected chi connectivity index (χ4v) is 9.60. The van der Waals surface area contributed by atoms with E-state index in [0.29, 0.717) is 19.7 Å². The van der Waals surface area contributed by atoms with E-state index in [1.807, 2.05) is 0 Å². The molecule has 0 aliphatic carbocycles. The van der Waals surface area contributed by atoms with Crippen molar-refractivity contribution in [3.63, 3.8) is 0 Å². The molecule has 0 saturated carbocycles. The highest BCUT2D eigenvalue weighted by Crippen LogP contribution is 2.17. The van der Waals surface area contributed by atoms with Crippen LogP contribution in [0.1, 0.15) is 40.0 Å². The summed E-state index contributed by atoms with van der Waals surface area (Å²) in [6.07, 6.45) is 1.02. The van der Waals surface area contributed by atoms with E-state index < -0.39 is 72.5 Å². The minimum absolute atomic E-state index is 0.0374. The van der Waals surface area contributed by atoms with E-state index in [9.17, 15) is 42.1 Å². The summed E-state index contributed by atoms with van der Waals surface area (Å²) in [5, 5.41) is -3.61. The second-order valence-corrected chi connectivity index (χ2v) is 16.2. The number of rotatable bonds is 16. The van der Waals surface area contributed by atoms with E-state index in [1.54, 1.807) is 11.8 Å². The molecule has 0 fully saturated rings. The molecule has 0 aliphatic heterocycles. The van der Waals surface area contributed by atoms with Gasteiger partial charge >= 0.3 is 0 Å². The normalized spacial score (nSPS) is 16.2. The van der Waals surface area contributed by atoms with Crippen molar-refractivity contribution in [2.75, 3.05) is 30.6 Å². The van der Waals surface area contributed by atoms with Crippen LogP contribution in [0, 0.1) is 0 Å². The van der Waals surface area contributed by atoms with Crippen molar-refractivity contribution in [2.24, 2.45) is 0 Å². The first kappa shape index (κ1) is 31.6. The summed E-state index contributed by atoms with van der Waals surface area (Å²) in [4.78, 5) is 1.66. The number of unbranched alkanes of at least 4 members (excludes halogenated alkanes) is 1. The molecule has 32 heavy (non-hydrogen) atoms. The molecule has 0 aromatic rings. The summed E-state index contributed by atoms with van der Waals surface area (Å²) in [5.41, 5.74) is 0. The molecule has 0 aliphatic rings. The highest BCUT2D eigenvalue weighted by Gasteiger charge is 2.54. The average Bonchev–Trinajstić information content (AvgIpc) is 2.56. The molecule has 0 saturated heterocycles. The molecule has 0 aromatic heterocycles. The average molecular weight is 566 g/mol. The third kappa shape index (κ3) is 9.81. The molecule has 194 valence electrons. The Balaban J connectivity index is 6.89. The molecule has 0 aromatic carbocycles. The summed E-state index contributed by atoms with van der Waals surface area (Å²) >= 11 is 0. The standard InChI is InChI=1S/C12H31N5O10S5/c1-6-9-11-31(24,25)16-17(4)32(26,27)12(13-28(5,18)19,14-29(20,21)8-3)15-30(22,23)10-7-2/h13-16H,6-11H2,1-5H3. The number of nitrogens with one attached hydrogen (secondary N) is 4. The molecule has 0 rings (SSSR count). The lowest BCUT2D eigenvalue weighted by atomic mass is 10.4.